The molecule has 10 heteroatoms. The van der Waals surface area contributed by atoms with Crippen LogP contribution in [0.15, 0.2) is 86.1 Å². The van der Waals surface area contributed by atoms with E-state index in [0.717, 1.165) is 11.1 Å². The van der Waals surface area contributed by atoms with Crippen LogP contribution in [0.3, 0.4) is 0 Å². The lowest BCUT2D eigenvalue weighted by atomic mass is 9.96. The molecule has 4 aromatic rings. The number of furan rings is 1. The van der Waals surface area contributed by atoms with Gasteiger partial charge in [-0.2, -0.15) is 0 Å². The molecule has 0 radical (unpaired) electrons. The summed E-state index contributed by atoms with van der Waals surface area (Å²) in [5.74, 6) is 0.396. The van der Waals surface area contributed by atoms with Crippen molar-refractivity contribution in [2.45, 2.75) is 26.8 Å². The molecule has 9 nitrogen and oxygen atoms in total. The number of esters is 1. The molecule has 0 amide bonds. The van der Waals surface area contributed by atoms with Crippen molar-refractivity contribution in [2.75, 3.05) is 6.61 Å². The van der Waals surface area contributed by atoms with E-state index in [4.69, 9.17) is 9.15 Å². The van der Waals surface area contributed by atoms with Gasteiger partial charge < -0.3 is 9.15 Å². The highest BCUT2D eigenvalue weighted by Gasteiger charge is 2.33. The topological polar surface area (TPSA) is 114 Å². The molecule has 5 rings (SSSR count). The lowest BCUT2D eigenvalue weighted by Gasteiger charge is -2.24. The first kappa shape index (κ1) is 25.1. The number of benzene rings is 2. The van der Waals surface area contributed by atoms with Crippen LogP contribution in [0.5, 0.6) is 0 Å². The maximum absolute atomic E-state index is 13.7. The Kier molecular flexibility index (Phi) is 6.64. The van der Waals surface area contributed by atoms with Gasteiger partial charge in [-0.15, -0.1) is 0 Å². The van der Waals surface area contributed by atoms with Crippen molar-refractivity contribution in [3.8, 4) is 11.3 Å². The van der Waals surface area contributed by atoms with Crippen molar-refractivity contribution in [3.63, 3.8) is 0 Å². The minimum Gasteiger partial charge on any atom is -0.463 e. The number of carbonyl (C=O) groups is 1. The van der Waals surface area contributed by atoms with Crippen molar-refractivity contribution in [1.82, 2.24) is 4.57 Å². The van der Waals surface area contributed by atoms with Crippen LogP contribution in [-0.4, -0.2) is 27.3 Å². The Morgan fingerprint density at radius 1 is 1.18 bits per heavy atom. The number of aromatic nitrogens is 1. The summed E-state index contributed by atoms with van der Waals surface area (Å²) < 4.78 is 13.2. The van der Waals surface area contributed by atoms with Crippen molar-refractivity contribution in [1.29, 1.82) is 0 Å². The number of rotatable bonds is 6. The molecule has 3 heterocycles. The van der Waals surface area contributed by atoms with Crippen molar-refractivity contribution in [2.24, 2.45) is 4.99 Å². The van der Waals surface area contributed by atoms with Gasteiger partial charge in [0.05, 0.1) is 33.4 Å². The summed E-state index contributed by atoms with van der Waals surface area (Å²) >= 11 is 1.20. The van der Waals surface area contributed by atoms with Gasteiger partial charge in [-0.1, -0.05) is 47.7 Å². The van der Waals surface area contributed by atoms with E-state index in [2.05, 4.69) is 4.99 Å². The van der Waals surface area contributed by atoms with E-state index in [1.54, 1.807) is 38.1 Å². The van der Waals surface area contributed by atoms with Crippen LogP contribution in [0, 0.1) is 11.8 Å². The molecule has 1 aliphatic rings. The zero-order valence-corrected chi connectivity index (χ0v) is 21.7. The van der Waals surface area contributed by atoms with Gasteiger partial charge in [-0.3, -0.25) is 9.36 Å². The number of hydrogen-bond acceptors (Lipinski definition) is 7. The summed E-state index contributed by atoms with van der Waals surface area (Å²) in [5, 5.41) is 9.27. The second kappa shape index (κ2) is 10.1. The van der Waals surface area contributed by atoms with E-state index in [9.17, 15) is 19.7 Å². The van der Waals surface area contributed by atoms with Crippen molar-refractivity contribution >= 4 is 29.1 Å². The molecule has 0 bridgehead atoms. The highest BCUT2D eigenvalue weighted by atomic mass is 32.1. The zero-order valence-electron chi connectivity index (χ0n) is 20.9. The van der Waals surface area contributed by atoms with E-state index in [1.807, 2.05) is 37.3 Å². The third kappa shape index (κ3) is 4.50. The Balaban J connectivity index is 1.62. The molecule has 1 atom stereocenters. The third-order valence-corrected chi connectivity index (χ3v) is 7.22. The molecule has 0 spiro atoms. The van der Waals surface area contributed by atoms with Gasteiger partial charge in [0.25, 0.3) is 10.5 Å². The van der Waals surface area contributed by atoms with Gasteiger partial charge in [0.1, 0.15) is 11.5 Å². The van der Waals surface area contributed by atoms with Crippen LogP contribution in [0.4, 0.5) is 5.69 Å². The van der Waals surface area contributed by atoms with Crippen LogP contribution in [-0.2, 0) is 9.53 Å². The monoisotopic (exact) mass is 530 g/mol. The summed E-state index contributed by atoms with van der Waals surface area (Å²) in [4.78, 5) is 42.8. The summed E-state index contributed by atoms with van der Waals surface area (Å²) in [5.41, 5.74) is 2.84. The predicted octanol–water partition coefficient (Wildman–Crippen LogP) is 4.17. The first-order chi connectivity index (χ1) is 18.3. The fourth-order valence-corrected chi connectivity index (χ4v) is 5.47. The van der Waals surface area contributed by atoms with Crippen LogP contribution in [0.1, 0.15) is 36.8 Å². The number of thiazole rings is 1. The van der Waals surface area contributed by atoms with E-state index in [0.29, 0.717) is 37.7 Å². The second-order valence-corrected chi connectivity index (χ2v) is 9.70. The SMILES string of the molecule is CCOC(=O)C1=C(C)N=c2s/c(=C\c3ccc(-c4cc([N+](=O)O)ccc4C)o3)c(=O)n2C1c1ccccc1. The minimum atomic E-state index is -0.681. The predicted molar refractivity (Wildman–Crippen MR) is 141 cm³/mol. The summed E-state index contributed by atoms with van der Waals surface area (Å²) in [6.45, 7) is 5.54. The summed E-state index contributed by atoms with van der Waals surface area (Å²) in [7, 11) is 0. The third-order valence-electron chi connectivity index (χ3n) is 6.24. The Hall–Kier alpha value is -4.57. The highest BCUT2D eigenvalue weighted by molar-refractivity contribution is 7.07. The highest BCUT2D eigenvalue weighted by Crippen LogP contribution is 2.31. The van der Waals surface area contributed by atoms with Crippen LogP contribution in [0.25, 0.3) is 17.4 Å². The van der Waals surface area contributed by atoms with Crippen LogP contribution < -0.4 is 14.9 Å². The fourth-order valence-electron chi connectivity index (χ4n) is 4.44. The van der Waals surface area contributed by atoms with Crippen molar-refractivity contribution < 1.29 is 24.1 Å². The Morgan fingerprint density at radius 2 is 1.95 bits per heavy atom. The number of fused-ring (bicyclic) bond motifs is 1. The summed E-state index contributed by atoms with van der Waals surface area (Å²) in [6.07, 6.45) is 1.63. The lowest BCUT2D eigenvalue weighted by Crippen LogP contribution is -2.39. The molecule has 0 saturated carbocycles. The molecule has 38 heavy (non-hydrogen) atoms. The van der Waals surface area contributed by atoms with E-state index < -0.39 is 12.0 Å². The zero-order chi connectivity index (χ0) is 27.0. The van der Waals surface area contributed by atoms with E-state index in [-0.39, 0.29) is 22.8 Å². The average molecular weight is 531 g/mol. The van der Waals surface area contributed by atoms with Gasteiger partial charge >= 0.3 is 11.7 Å². The fraction of sp³-hybridized carbons (Fsp3) is 0.179. The smallest absolute Gasteiger partial charge is 0.338 e. The Morgan fingerprint density at radius 3 is 2.66 bits per heavy atom. The van der Waals surface area contributed by atoms with Crippen LogP contribution >= 0.6 is 11.3 Å². The average Bonchev–Trinajstić information content (AvgIpc) is 3.48. The normalized spacial score (nSPS) is 15.2. The number of nitrogens with zero attached hydrogens (tertiary/aromatic N) is 3. The maximum atomic E-state index is 13.7. The molecule has 2 aromatic heterocycles. The van der Waals surface area contributed by atoms with Crippen LogP contribution in [0.2, 0.25) is 0 Å². The van der Waals surface area contributed by atoms with Gasteiger partial charge in [0, 0.05) is 23.8 Å². The van der Waals surface area contributed by atoms with E-state index >= 15 is 0 Å². The number of allylic oxidation sites excluding steroid dienone is 1. The Bertz CT molecular complexity index is 1780. The number of aryl methyl sites for hydroxylation is 1. The molecule has 0 fully saturated rings. The number of hydrogen-bond donors (Lipinski definition) is 1. The minimum absolute atomic E-state index is 0.0746. The largest absolute Gasteiger partial charge is 0.463 e. The van der Waals surface area contributed by atoms with E-state index in [1.165, 1.54) is 28.0 Å². The molecule has 1 N–H and O–H groups in total. The summed E-state index contributed by atoms with van der Waals surface area (Å²) in [6, 6.07) is 16.8. The second-order valence-electron chi connectivity index (χ2n) is 8.69. The van der Waals surface area contributed by atoms with Gasteiger partial charge in [0.15, 0.2) is 4.80 Å². The van der Waals surface area contributed by atoms with Gasteiger partial charge in [-0.25, -0.2) is 15.0 Å². The van der Waals surface area contributed by atoms with Crippen molar-refractivity contribution in [3.05, 3.63) is 113 Å². The molecule has 192 valence electrons. The molecule has 1 unspecified atom stereocenters. The molecule has 2 aromatic carbocycles. The molecular formula is C28H24N3O6S+. The number of ether oxygens (including phenoxy) is 1. The molecular weight excluding hydrogens is 506 g/mol. The lowest BCUT2D eigenvalue weighted by molar-refractivity contribution is -0.729. The quantitative estimate of drug-likeness (QED) is 0.296. The molecule has 0 saturated heterocycles. The maximum Gasteiger partial charge on any atom is 0.338 e. The Labute approximate surface area is 220 Å². The molecule has 0 aliphatic carbocycles. The van der Waals surface area contributed by atoms with Gasteiger partial charge in [-0.05, 0) is 44.0 Å². The molecule has 1 aliphatic heterocycles. The van der Waals surface area contributed by atoms with Gasteiger partial charge in [0.2, 0.25) is 0 Å². The first-order valence-electron chi connectivity index (χ1n) is 11.9. The first-order valence-corrected chi connectivity index (χ1v) is 12.7. The number of carbonyl (C=O) groups excluding carboxylic acids is 1. The standard InChI is InChI=1S/C28H24N3O6S/c1-4-36-27(33)24-17(3)29-28-30(25(24)18-8-6-5-7-9-18)26(32)23(38-28)15-20-12-13-22(37-20)21-14-19(31(34)35)11-10-16(21)2/h5-15,25H,4H2,1-3H3,(H,34,35)/q+1/b23-15-.